The molecule has 0 bridgehead atoms. The van der Waals surface area contributed by atoms with Crippen LogP contribution in [0.5, 0.6) is 0 Å². The SMILES string of the molecule is Cc1nn(C)c(C)c1CNCc1ncn[nH]1. The van der Waals surface area contributed by atoms with E-state index in [1.807, 2.05) is 18.7 Å². The highest BCUT2D eigenvalue weighted by atomic mass is 15.3. The lowest BCUT2D eigenvalue weighted by molar-refractivity contribution is 0.658. The van der Waals surface area contributed by atoms with Gasteiger partial charge in [-0.1, -0.05) is 0 Å². The summed E-state index contributed by atoms with van der Waals surface area (Å²) in [5, 5.41) is 14.3. The van der Waals surface area contributed by atoms with Crippen molar-refractivity contribution in [2.45, 2.75) is 26.9 Å². The van der Waals surface area contributed by atoms with E-state index in [-0.39, 0.29) is 0 Å². The summed E-state index contributed by atoms with van der Waals surface area (Å²) in [6.45, 7) is 5.59. The molecule has 0 saturated heterocycles. The van der Waals surface area contributed by atoms with Crippen LogP contribution in [-0.2, 0) is 20.1 Å². The van der Waals surface area contributed by atoms with Crippen molar-refractivity contribution in [3.8, 4) is 0 Å². The Morgan fingerprint density at radius 1 is 1.38 bits per heavy atom. The Morgan fingerprint density at radius 2 is 2.19 bits per heavy atom. The van der Waals surface area contributed by atoms with Crippen LogP contribution in [0.1, 0.15) is 22.8 Å². The van der Waals surface area contributed by atoms with Crippen molar-refractivity contribution < 1.29 is 0 Å². The van der Waals surface area contributed by atoms with Crippen LogP contribution >= 0.6 is 0 Å². The van der Waals surface area contributed by atoms with Gasteiger partial charge in [-0.15, -0.1) is 0 Å². The molecule has 16 heavy (non-hydrogen) atoms. The van der Waals surface area contributed by atoms with E-state index in [1.54, 1.807) is 0 Å². The maximum atomic E-state index is 4.37. The average molecular weight is 220 g/mol. The van der Waals surface area contributed by atoms with Gasteiger partial charge in [0, 0.05) is 24.8 Å². The molecule has 0 amide bonds. The van der Waals surface area contributed by atoms with Gasteiger partial charge in [0.25, 0.3) is 0 Å². The highest BCUT2D eigenvalue weighted by molar-refractivity contribution is 5.23. The van der Waals surface area contributed by atoms with E-state index in [0.717, 1.165) is 18.1 Å². The van der Waals surface area contributed by atoms with E-state index in [2.05, 4.69) is 32.5 Å². The van der Waals surface area contributed by atoms with Gasteiger partial charge in [0.2, 0.25) is 0 Å². The fraction of sp³-hybridized carbons (Fsp3) is 0.500. The van der Waals surface area contributed by atoms with Gasteiger partial charge in [-0.3, -0.25) is 9.78 Å². The van der Waals surface area contributed by atoms with Crippen LogP contribution in [0.2, 0.25) is 0 Å². The fourth-order valence-corrected chi connectivity index (χ4v) is 1.70. The first-order chi connectivity index (χ1) is 7.68. The van der Waals surface area contributed by atoms with Crippen molar-refractivity contribution in [2.24, 2.45) is 7.05 Å². The maximum Gasteiger partial charge on any atom is 0.138 e. The number of nitrogens with one attached hydrogen (secondary N) is 2. The van der Waals surface area contributed by atoms with Crippen LogP contribution in [0, 0.1) is 13.8 Å². The minimum absolute atomic E-state index is 0.688. The van der Waals surface area contributed by atoms with E-state index < -0.39 is 0 Å². The Bertz CT molecular complexity index is 456. The van der Waals surface area contributed by atoms with Crippen LogP contribution in [0.3, 0.4) is 0 Å². The molecule has 2 aromatic rings. The van der Waals surface area contributed by atoms with E-state index in [0.29, 0.717) is 6.54 Å². The fourth-order valence-electron chi connectivity index (χ4n) is 1.70. The molecule has 0 fully saturated rings. The summed E-state index contributed by atoms with van der Waals surface area (Å²) in [5.41, 5.74) is 3.52. The van der Waals surface area contributed by atoms with E-state index >= 15 is 0 Å². The number of nitrogens with zero attached hydrogens (tertiary/aromatic N) is 4. The van der Waals surface area contributed by atoms with Gasteiger partial charge in [0.15, 0.2) is 0 Å². The third-order valence-electron chi connectivity index (χ3n) is 2.72. The summed E-state index contributed by atoms with van der Waals surface area (Å²) in [6.07, 6.45) is 1.51. The van der Waals surface area contributed by atoms with Gasteiger partial charge in [-0.2, -0.15) is 10.2 Å². The molecule has 2 heterocycles. The molecule has 6 nitrogen and oxygen atoms in total. The number of rotatable bonds is 4. The summed E-state index contributed by atoms with van der Waals surface area (Å²) < 4.78 is 1.90. The van der Waals surface area contributed by atoms with Gasteiger partial charge in [-0.05, 0) is 13.8 Å². The molecule has 0 unspecified atom stereocenters. The Kier molecular flexibility index (Phi) is 3.00. The first-order valence-corrected chi connectivity index (χ1v) is 5.22. The van der Waals surface area contributed by atoms with Crippen molar-refractivity contribution in [1.29, 1.82) is 0 Å². The monoisotopic (exact) mass is 220 g/mol. The molecule has 0 aliphatic rings. The predicted octanol–water partition coefficient (Wildman–Crippen LogP) is 0.445. The third-order valence-corrected chi connectivity index (χ3v) is 2.72. The minimum atomic E-state index is 0.688. The number of hydrogen-bond donors (Lipinski definition) is 2. The summed E-state index contributed by atoms with van der Waals surface area (Å²) in [4.78, 5) is 4.05. The molecule has 0 spiro atoms. The second-order valence-corrected chi connectivity index (χ2v) is 3.81. The molecule has 2 N–H and O–H groups in total. The van der Waals surface area contributed by atoms with Crippen LogP contribution in [-0.4, -0.2) is 25.0 Å². The standard InChI is InChI=1S/C10H16N6/c1-7-9(8(2)16(3)15-7)4-11-5-10-12-6-13-14-10/h6,11H,4-5H2,1-3H3,(H,12,13,14). The number of H-pyrrole nitrogens is 1. The molecule has 86 valence electrons. The molecule has 6 heteroatoms. The van der Waals surface area contributed by atoms with Gasteiger partial charge in [0.1, 0.15) is 12.2 Å². The van der Waals surface area contributed by atoms with Crippen LogP contribution in [0.15, 0.2) is 6.33 Å². The van der Waals surface area contributed by atoms with Crippen LogP contribution < -0.4 is 5.32 Å². The Balaban J connectivity index is 1.95. The number of aromatic amines is 1. The molecular formula is C10H16N6. The number of hydrogen-bond acceptors (Lipinski definition) is 4. The molecule has 2 aromatic heterocycles. The lowest BCUT2D eigenvalue weighted by Gasteiger charge is -2.03. The maximum absolute atomic E-state index is 4.37. The lowest BCUT2D eigenvalue weighted by Crippen LogP contribution is -2.14. The first-order valence-electron chi connectivity index (χ1n) is 5.22. The van der Waals surface area contributed by atoms with E-state index in [4.69, 9.17) is 0 Å². The van der Waals surface area contributed by atoms with Crippen LogP contribution in [0.4, 0.5) is 0 Å². The minimum Gasteiger partial charge on any atom is -0.306 e. The smallest absolute Gasteiger partial charge is 0.138 e. The average Bonchev–Trinajstić information content (AvgIpc) is 2.82. The zero-order valence-electron chi connectivity index (χ0n) is 9.78. The Labute approximate surface area is 94.1 Å². The Hall–Kier alpha value is -1.69. The normalized spacial score (nSPS) is 10.9. The van der Waals surface area contributed by atoms with Gasteiger partial charge < -0.3 is 5.32 Å². The summed E-state index contributed by atoms with van der Waals surface area (Å²) in [5.74, 6) is 0.846. The first kappa shape index (κ1) is 10.8. The quantitative estimate of drug-likeness (QED) is 0.784. The highest BCUT2D eigenvalue weighted by Gasteiger charge is 2.08. The molecule has 2 rings (SSSR count). The zero-order valence-corrected chi connectivity index (χ0v) is 9.78. The predicted molar refractivity (Wildman–Crippen MR) is 59.6 cm³/mol. The van der Waals surface area contributed by atoms with Crippen molar-refractivity contribution in [2.75, 3.05) is 0 Å². The van der Waals surface area contributed by atoms with Crippen molar-refractivity contribution >= 4 is 0 Å². The Morgan fingerprint density at radius 3 is 2.75 bits per heavy atom. The molecule has 0 atom stereocenters. The second kappa shape index (κ2) is 4.44. The van der Waals surface area contributed by atoms with Gasteiger partial charge >= 0.3 is 0 Å². The van der Waals surface area contributed by atoms with Gasteiger partial charge in [-0.25, -0.2) is 4.98 Å². The van der Waals surface area contributed by atoms with E-state index in [9.17, 15) is 0 Å². The van der Waals surface area contributed by atoms with Crippen molar-refractivity contribution in [1.82, 2.24) is 30.3 Å². The molecule has 0 aromatic carbocycles. The van der Waals surface area contributed by atoms with Crippen molar-refractivity contribution in [3.63, 3.8) is 0 Å². The van der Waals surface area contributed by atoms with E-state index in [1.165, 1.54) is 17.6 Å². The summed E-state index contributed by atoms with van der Waals surface area (Å²) >= 11 is 0. The molecule has 0 saturated carbocycles. The molecule has 0 aliphatic heterocycles. The van der Waals surface area contributed by atoms with Crippen LogP contribution in [0.25, 0.3) is 0 Å². The molecular weight excluding hydrogens is 204 g/mol. The number of aryl methyl sites for hydroxylation is 2. The van der Waals surface area contributed by atoms with Gasteiger partial charge in [0.05, 0.1) is 12.2 Å². The topological polar surface area (TPSA) is 71.4 Å². The molecule has 0 radical (unpaired) electrons. The zero-order chi connectivity index (χ0) is 11.5. The third kappa shape index (κ3) is 2.11. The highest BCUT2D eigenvalue weighted by Crippen LogP contribution is 2.11. The second-order valence-electron chi connectivity index (χ2n) is 3.81. The number of aromatic nitrogens is 5. The van der Waals surface area contributed by atoms with Crippen molar-refractivity contribution in [3.05, 3.63) is 29.1 Å². The largest absolute Gasteiger partial charge is 0.306 e. The lowest BCUT2D eigenvalue weighted by atomic mass is 10.2. The summed E-state index contributed by atoms with van der Waals surface area (Å²) in [7, 11) is 1.96. The molecule has 0 aliphatic carbocycles. The summed E-state index contributed by atoms with van der Waals surface area (Å²) in [6, 6.07) is 0.